The van der Waals surface area contributed by atoms with Crippen LogP contribution in [0.1, 0.15) is 24.1 Å². The lowest BCUT2D eigenvalue weighted by atomic mass is 10.1. The highest BCUT2D eigenvalue weighted by Crippen LogP contribution is 2.36. The lowest BCUT2D eigenvalue weighted by Crippen LogP contribution is -2.29. The van der Waals surface area contributed by atoms with Gasteiger partial charge in [0.05, 0.1) is 16.7 Å². The smallest absolute Gasteiger partial charge is 0.284 e. The summed E-state index contributed by atoms with van der Waals surface area (Å²) in [6.07, 6.45) is -3.93. The molecule has 0 spiro atoms. The molecule has 154 valence electrons. The molecular formula is C16H16ClF3N2O4S2. The fourth-order valence-electron chi connectivity index (χ4n) is 2.38. The SMILES string of the molecule is C[C@H](NS(=O)(=O)c1ccc(Cl)cc1C(F)(F)F)c1ccc(NS(C)(=O)=O)cc1. The molecule has 2 aromatic carbocycles. The topological polar surface area (TPSA) is 92.3 Å². The fraction of sp³-hybridized carbons (Fsp3) is 0.250. The lowest BCUT2D eigenvalue weighted by Gasteiger charge is -2.18. The Kier molecular flexibility index (Phi) is 6.34. The molecule has 0 unspecified atom stereocenters. The number of halogens is 4. The Bertz CT molecular complexity index is 1070. The van der Waals surface area contributed by atoms with E-state index in [1.807, 2.05) is 0 Å². The molecule has 0 amide bonds. The second-order valence-corrected chi connectivity index (χ2v) is 9.84. The molecule has 0 aromatic heterocycles. The molecule has 0 heterocycles. The summed E-state index contributed by atoms with van der Waals surface area (Å²) in [4.78, 5) is -0.938. The zero-order chi connectivity index (χ0) is 21.3. The van der Waals surface area contributed by atoms with E-state index < -0.39 is 42.7 Å². The van der Waals surface area contributed by atoms with E-state index in [9.17, 15) is 30.0 Å². The van der Waals surface area contributed by atoms with Crippen LogP contribution in [0.3, 0.4) is 0 Å². The summed E-state index contributed by atoms with van der Waals surface area (Å²) in [6.45, 7) is 1.44. The average Bonchev–Trinajstić information content (AvgIpc) is 2.52. The summed E-state index contributed by atoms with van der Waals surface area (Å²) < 4.78 is 91.4. The zero-order valence-electron chi connectivity index (χ0n) is 14.6. The first-order valence-corrected chi connectivity index (χ1v) is 11.4. The van der Waals surface area contributed by atoms with Gasteiger partial charge in [0.1, 0.15) is 0 Å². The Morgan fingerprint density at radius 2 is 1.57 bits per heavy atom. The molecule has 0 radical (unpaired) electrons. The molecule has 0 aliphatic heterocycles. The van der Waals surface area contributed by atoms with Crippen molar-refractivity contribution in [3.05, 3.63) is 58.6 Å². The Morgan fingerprint density at radius 3 is 2.07 bits per heavy atom. The Balaban J connectivity index is 2.30. The zero-order valence-corrected chi connectivity index (χ0v) is 17.0. The Labute approximate surface area is 165 Å². The van der Waals surface area contributed by atoms with Crippen LogP contribution in [0.5, 0.6) is 0 Å². The molecule has 0 fully saturated rings. The van der Waals surface area contributed by atoms with Gasteiger partial charge in [-0.05, 0) is 42.8 Å². The minimum atomic E-state index is -4.91. The van der Waals surface area contributed by atoms with Crippen molar-refractivity contribution in [1.29, 1.82) is 0 Å². The minimum absolute atomic E-state index is 0.242. The van der Waals surface area contributed by atoms with Crippen LogP contribution >= 0.6 is 11.6 Å². The molecule has 28 heavy (non-hydrogen) atoms. The van der Waals surface area contributed by atoms with Crippen LogP contribution in [-0.4, -0.2) is 23.1 Å². The average molecular weight is 457 g/mol. The fourth-order valence-corrected chi connectivity index (χ4v) is 4.55. The van der Waals surface area contributed by atoms with E-state index in [1.165, 1.54) is 31.2 Å². The summed E-state index contributed by atoms with van der Waals surface area (Å²) in [7, 11) is -7.99. The maximum atomic E-state index is 13.2. The van der Waals surface area contributed by atoms with Crippen LogP contribution in [0.4, 0.5) is 18.9 Å². The van der Waals surface area contributed by atoms with Gasteiger partial charge in [-0.3, -0.25) is 4.72 Å². The summed E-state index contributed by atoms with van der Waals surface area (Å²) in [5.74, 6) is 0. The number of nitrogens with one attached hydrogen (secondary N) is 2. The van der Waals surface area contributed by atoms with Crippen molar-refractivity contribution in [3.8, 4) is 0 Å². The standard InChI is InChI=1S/C16H16ClF3N2O4S2/c1-10(11-3-6-13(7-4-11)22-27(2,23)24)21-28(25,26)15-8-5-12(17)9-14(15)16(18,19)20/h3-10,21-22H,1-2H3/t10-/m0/s1. The maximum Gasteiger partial charge on any atom is 0.417 e. The molecule has 6 nitrogen and oxygen atoms in total. The second-order valence-electron chi connectivity index (χ2n) is 5.98. The van der Waals surface area contributed by atoms with E-state index in [0.29, 0.717) is 11.6 Å². The van der Waals surface area contributed by atoms with Crippen LogP contribution < -0.4 is 9.44 Å². The molecule has 2 rings (SSSR count). The van der Waals surface area contributed by atoms with E-state index in [4.69, 9.17) is 11.6 Å². The third-order valence-corrected chi connectivity index (χ3v) is 6.02. The largest absolute Gasteiger partial charge is 0.417 e. The minimum Gasteiger partial charge on any atom is -0.284 e. The molecule has 2 N–H and O–H groups in total. The first kappa shape index (κ1) is 22.5. The molecule has 0 aliphatic carbocycles. The number of hydrogen-bond donors (Lipinski definition) is 2. The van der Waals surface area contributed by atoms with Crippen LogP contribution in [0.15, 0.2) is 47.4 Å². The molecule has 0 bridgehead atoms. The molecule has 0 aliphatic rings. The first-order valence-electron chi connectivity index (χ1n) is 7.66. The number of anilines is 1. The number of hydrogen-bond acceptors (Lipinski definition) is 4. The van der Waals surface area contributed by atoms with Gasteiger partial charge in [-0.15, -0.1) is 0 Å². The molecule has 12 heteroatoms. The van der Waals surface area contributed by atoms with Crippen molar-refractivity contribution < 1.29 is 30.0 Å². The van der Waals surface area contributed by atoms with Crippen molar-refractivity contribution in [3.63, 3.8) is 0 Å². The van der Waals surface area contributed by atoms with E-state index in [1.54, 1.807) is 0 Å². The van der Waals surface area contributed by atoms with Gasteiger partial charge in [0, 0.05) is 16.8 Å². The Morgan fingerprint density at radius 1 is 1.00 bits per heavy atom. The highest BCUT2D eigenvalue weighted by Gasteiger charge is 2.37. The summed E-state index contributed by atoms with van der Waals surface area (Å²) in [5, 5.41) is -0.242. The van der Waals surface area contributed by atoms with Gasteiger partial charge >= 0.3 is 6.18 Å². The van der Waals surface area contributed by atoms with E-state index >= 15 is 0 Å². The lowest BCUT2D eigenvalue weighted by molar-refractivity contribution is -0.139. The molecular weight excluding hydrogens is 441 g/mol. The number of alkyl halides is 3. The third kappa shape index (κ3) is 5.84. The second kappa shape index (κ2) is 7.90. The molecule has 0 saturated heterocycles. The highest BCUT2D eigenvalue weighted by molar-refractivity contribution is 7.92. The van der Waals surface area contributed by atoms with Crippen LogP contribution in [-0.2, 0) is 26.2 Å². The van der Waals surface area contributed by atoms with Gasteiger partial charge in [0.15, 0.2) is 0 Å². The monoisotopic (exact) mass is 456 g/mol. The number of sulfonamides is 2. The predicted molar refractivity (Wildman–Crippen MR) is 100 cm³/mol. The quantitative estimate of drug-likeness (QED) is 0.692. The predicted octanol–water partition coefficient (Wildman–Crippen LogP) is 3.77. The highest BCUT2D eigenvalue weighted by atomic mass is 35.5. The summed E-state index contributed by atoms with van der Waals surface area (Å²) >= 11 is 5.57. The normalized spacial score (nSPS) is 13.9. The summed E-state index contributed by atoms with van der Waals surface area (Å²) in [5.41, 5.74) is -0.684. The van der Waals surface area contributed by atoms with Gasteiger partial charge in [0.25, 0.3) is 0 Å². The molecule has 0 saturated carbocycles. The van der Waals surface area contributed by atoms with Crippen LogP contribution in [0.2, 0.25) is 5.02 Å². The molecule has 2 aromatic rings. The first-order chi connectivity index (χ1) is 12.7. The van der Waals surface area contributed by atoms with Crippen molar-refractivity contribution in [1.82, 2.24) is 4.72 Å². The number of rotatable bonds is 6. The van der Waals surface area contributed by atoms with Gasteiger partial charge in [-0.2, -0.15) is 13.2 Å². The van der Waals surface area contributed by atoms with Crippen LogP contribution in [0.25, 0.3) is 0 Å². The Hall–Kier alpha value is -1.82. The maximum absolute atomic E-state index is 13.2. The summed E-state index contributed by atoms with van der Waals surface area (Å²) in [6, 6.07) is 7.23. The number of benzene rings is 2. The van der Waals surface area contributed by atoms with Crippen molar-refractivity contribution in [2.45, 2.75) is 24.0 Å². The van der Waals surface area contributed by atoms with Crippen molar-refractivity contribution in [2.24, 2.45) is 0 Å². The van der Waals surface area contributed by atoms with Gasteiger partial charge in [-0.1, -0.05) is 23.7 Å². The van der Waals surface area contributed by atoms with Crippen molar-refractivity contribution in [2.75, 3.05) is 11.0 Å². The third-order valence-electron chi connectivity index (χ3n) is 3.58. The van der Waals surface area contributed by atoms with Crippen LogP contribution in [0, 0.1) is 0 Å². The van der Waals surface area contributed by atoms with Gasteiger partial charge < -0.3 is 0 Å². The molecule has 1 atom stereocenters. The van der Waals surface area contributed by atoms with Crippen molar-refractivity contribution >= 4 is 37.3 Å². The van der Waals surface area contributed by atoms with Gasteiger partial charge in [0.2, 0.25) is 20.0 Å². The van der Waals surface area contributed by atoms with E-state index in [0.717, 1.165) is 18.4 Å². The van der Waals surface area contributed by atoms with E-state index in [-0.39, 0.29) is 10.7 Å². The van der Waals surface area contributed by atoms with Gasteiger partial charge in [-0.25, -0.2) is 21.6 Å². The van der Waals surface area contributed by atoms with E-state index in [2.05, 4.69) is 9.44 Å².